The van der Waals surface area contributed by atoms with Crippen LogP contribution in [0, 0.1) is 5.82 Å². The molecule has 0 amide bonds. The number of nitrogens with zero attached hydrogens (tertiary/aromatic N) is 1. The molecule has 3 rings (SSSR count). The Labute approximate surface area is 137 Å². The molecule has 0 atom stereocenters. The van der Waals surface area contributed by atoms with Crippen LogP contribution in [0.1, 0.15) is 18.1 Å². The molecule has 0 spiro atoms. The molecule has 3 aromatic rings. The van der Waals surface area contributed by atoms with Crippen LogP contribution in [0.15, 0.2) is 53.1 Å². The topological polar surface area (TPSA) is 22.1 Å². The molecule has 0 bridgehead atoms. The highest BCUT2D eigenvalue weighted by molar-refractivity contribution is 9.10. The van der Waals surface area contributed by atoms with Crippen molar-refractivity contribution in [3.63, 3.8) is 0 Å². The number of rotatable bonds is 4. The summed E-state index contributed by atoms with van der Waals surface area (Å²) in [6.45, 7) is 2.55. The van der Waals surface area contributed by atoms with E-state index < -0.39 is 0 Å². The second-order valence-corrected chi connectivity index (χ2v) is 5.88. The van der Waals surface area contributed by atoms with Gasteiger partial charge in [0.05, 0.1) is 11.1 Å². The molecule has 4 heteroatoms. The average Bonchev–Trinajstić information content (AvgIpc) is 2.52. The van der Waals surface area contributed by atoms with Crippen molar-refractivity contribution in [2.24, 2.45) is 0 Å². The van der Waals surface area contributed by atoms with Gasteiger partial charge in [0.2, 0.25) is 0 Å². The molecular weight excluding hydrogens is 345 g/mol. The molecule has 0 radical (unpaired) electrons. The highest BCUT2D eigenvalue weighted by Gasteiger charge is 2.09. The summed E-state index contributed by atoms with van der Waals surface area (Å²) in [7, 11) is 0. The van der Waals surface area contributed by atoms with Gasteiger partial charge in [-0.25, -0.2) is 4.39 Å². The maximum absolute atomic E-state index is 13.0. The largest absolute Gasteiger partial charge is 0.490 e. The second kappa shape index (κ2) is 6.44. The number of ether oxygens (including phenoxy) is 1. The van der Waals surface area contributed by atoms with Crippen LogP contribution in [0.25, 0.3) is 10.9 Å². The lowest BCUT2D eigenvalue weighted by atomic mass is 10.0. The lowest BCUT2D eigenvalue weighted by Gasteiger charge is -2.10. The number of halogens is 2. The molecule has 0 fully saturated rings. The van der Waals surface area contributed by atoms with Gasteiger partial charge in [0, 0.05) is 11.6 Å². The Balaban J connectivity index is 1.96. The lowest BCUT2D eigenvalue weighted by molar-refractivity contribution is 0.341. The second-order valence-electron chi connectivity index (χ2n) is 5.03. The summed E-state index contributed by atoms with van der Waals surface area (Å²) in [6, 6.07) is 12.6. The van der Waals surface area contributed by atoms with E-state index in [-0.39, 0.29) is 5.82 Å². The van der Waals surface area contributed by atoms with E-state index in [1.807, 2.05) is 25.3 Å². The molecule has 0 aliphatic heterocycles. The fourth-order valence-electron chi connectivity index (χ4n) is 2.41. The minimum atomic E-state index is -0.216. The molecule has 1 aromatic heterocycles. The Morgan fingerprint density at radius 1 is 1.09 bits per heavy atom. The van der Waals surface area contributed by atoms with Gasteiger partial charge >= 0.3 is 0 Å². The number of aromatic nitrogens is 1. The fourth-order valence-corrected chi connectivity index (χ4v) is 2.85. The molecular formula is C18H15BrFNO. The van der Waals surface area contributed by atoms with Gasteiger partial charge in [-0.15, -0.1) is 0 Å². The third-order valence-corrected chi connectivity index (χ3v) is 4.05. The summed E-state index contributed by atoms with van der Waals surface area (Å²) in [5.74, 6) is 0.555. The zero-order valence-electron chi connectivity index (χ0n) is 12.1. The summed E-state index contributed by atoms with van der Waals surface area (Å²) in [5, 5.41) is 1.03. The smallest absolute Gasteiger partial charge is 0.159 e. The van der Waals surface area contributed by atoms with Crippen molar-refractivity contribution in [2.45, 2.75) is 13.3 Å². The minimum Gasteiger partial charge on any atom is -0.490 e. The monoisotopic (exact) mass is 359 g/mol. The van der Waals surface area contributed by atoms with Crippen LogP contribution in [0.3, 0.4) is 0 Å². The van der Waals surface area contributed by atoms with Crippen LogP contribution >= 0.6 is 15.9 Å². The molecule has 1 heterocycles. The number of fused-ring (bicyclic) bond motifs is 1. The molecule has 2 nitrogen and oxygen atoms in total. The third-order valence-electron chi connectivity index (χ3n) is 3.43. The van der Waals surface area contributed by atoms with Crippen molar-refractivity contribution in [1.29, 1.82) is 0 Å². The van der Waals surface area contributed by atoms with Gasteiger partial charge in [-0.2, -0.15) is 0 Å². The summed E-state index contributed by atoms with van der Waals surface area (Å²) in [5.41, 5.74) is 2.99. The highest BCUT2D eigenvalue weighted by Crippen LogP contribution is 2.33. The molecule has 0 N–H and O–H groups in total. The third kappa shape index (κ3) is 3.12. The lowest BCUT2D eigenvalue weighted by Crippen LogP contribution is -1.96. The van der Waals surface area contributed by atoms with Crippen LogP contribution in [-0.2, 0) is 6.42 Å². The predicted molar refractivity (Wildman–Crippen MR) is 89.8 cm³/mol. The number of benzene rings is 2. The summed E-state index contributed by atoms with van der Waals surface area (Å²) in [4.78, 5) is 4.55. The Kier molecular flexibility index (Phi) is 4.39. The van der Waals surface area contributed by atoms with Crippen LogP contribution in [-0.4, -0.2) is 11.6 Å². The van der Waals surface area contributed by atoms with Crippen molar-refractivity contribution in [3.05, 3.63) is 70.1 Å². The Hall–Kier alpha value is -1.94. The molecule has 0 aliphatic carbocycles. The van der Waals surface area contributed by atoms with Crippen LogP contribution < -0.4 is 4.74 Å². The first-order valence-corrected chi connectivity index (χ1v) is 7.91. The predicted octanol–water partition coefficient (Wildman–Crippen LogP) is 5.13. The first-order valence-electron chi connectivity index (χ1n) is 7.11. The van der Waals surface area contributed by atoms with Gasteiger partial charge in [0.15, 0.2) is 5.75 Å². The minimum absolute atomic E-state index is 0.216. The van der Waals surface area contributed by atoms with Gasteiger partial charge < -0.3 is 4.74 Å². The van der Waals surface area contributed by atoms with Crippen molar-refractivity contribution >= 4 is 26.8 Å². The molecule has 2 aromatic carbocycles. The van der Waals surface area contributed by atoms with E-state index in [0.717, 1.165) is 38.7 Å². The van der Waals surface area contributed by atoms with Crippen molar-refractivity contribution in [3.8, 4) is 5.75 Å². The van der Waals surface area contributed by atoms with Crippen molar-refractivity contribution < 1.29 is 9.13 Å². The van der Waals surface area contributed by atoms with Gasteiger partial charge in [0.25, 0.3) is 0 Å². The average molecular weight is 360 g/mol. The molecule has 0 unspecified atom stereocenters. The normalized spacial score (nSPS) is 10.9. The summed E-state index contributed by atoms with van der Waals surface area (Å²) in [6.07, 6.45) is 2.57. The molecule has 0 saturated heterocycles. The Morgan fingerprint density at radius 2 is 1.86 bits per heavy atom. The van der Waals surface area contributed by atoms with Crippen molar-refractivity contribution in [2.75, 3.05) is 6.61 Å². The van der Waals surface area contributed by atoms with Crippen LogP contribution in [0.5, 0.6) is 5.75 Å². The van der Waals surface area contributed by atoms with Gasteiger partial charge in [-0.3, -0.25) is 4.98 Å². The maximum Gasteiger partial charge on any atom is 0.159 e. The van der Waals surface area contributed by atoms with Crippen LogP contribution in [0.2, 0.25) is 0 Å². The number of hydrogen-bond donors (Lipinski definition) is 0. The molecule has 112 valence electrons. The van der Waals surface area contributed by atoms with Gasteiger partial charge in [-0.05, 0) is 64.7 Å². The zero-order valence-corrected chi connectivity index (χ0v) is 13.7. The summed E-state index contributed by atoms with van der Waals surface area (Å²) < 4.78 is 19.5. The maximum atomic E-state index is 13.0. The van der Waals surface area contributed by atoms with E-state index >= 15 is 0 Å². The van der Waals surface area contributed by atoms with Gasteiger partial charge in [0.1, 0.15) is 11.3 Å². The van der Waals surface area contributed by atoms with E-state index in [9.17, 15) is 4.39 Å². The standard InChI is InChI=1S/C18H15BrFNO/c1-2-22-18-16(19)8-5-14-10-13(11-21-17(14)18)9-12-3-6-15(20)7-4-12/h3-8,10-11H,2,9H2,1H3. The molecule has 22 heavy (non-hydrogen) atoms. The van der Waals surface area contributed by atoms with E-state index in [1.54, 1.807) is 12.1 Å². The first kappa shape index (κ1) is 15.0. The Morgan fingerprint density at radius 3 is 2.59 bits per heavy atom. The van der Waals surface area contributed by atoms with Crippen LogP contribution in [0.4, 0.5) is 4.39 Å². The van der Waals surface area contributed by atoms with E-state index in [2.05, 4.69) is 27.0 Å². The molecule has 0 saturated carbocycles. The SMILES string of the molecule is CCOc1c(Br)ccc2cc(Cc3ccc(F)cc3)cnc12. The zero-order chi connectivity index (χ0) is 15.5. The summed E-state index contributed by atoms with van der Waals surface area (Å²) >= 11 is 3.50. The van der Waals surface area contributed by atoms with Crippen molar-refractivity contribution in [1.82, 2.24) is 4.98 Å². The number of hydrogen-bond acceptors (Lipinski definition) is 2. The van der Waals surface area contributed by atoms with E-state index in [4.69, 9.17) is 4.74 Å². The van der Waals surface area contributed by atoms with E-state index in [1.165, 1.54) is 12.1 Å². The quantitative estimate of drug-likeness (QED) is 0.644. The highest BCUT2D eigenvalue weighted by atomic mass is 79.9. The van der Waals surface area contributed by atoms with E-state index in [0.29, 0.717) is 6.61 Å². The Bertz CT molecular complexity index is 802. The molecule has 0 aliphatic rings. The number of pyridine rings is 1. The fraction of sp³-hybridized carbons (Fsp3) is 0.167. The first-order chi connectivity index (χ1) is 10.7. The van der Waals surface area contributed by atoms with Gasteiger partial charge in [-0.1, -0.05) is 18.2 Å².